The average Bonchev–Trinajstić information content (AvgIpc) is 2.40. The molecule has 1 N–H and O–H groups in total. The Balaban J connectivity index is 2.47. The van der Waals surface area contributed by atoms with Gasteiger partial charge in [-0.15, -0.1) is 0 Å². The molecule has 1 aromatic rings. The highest BCUT2D eigenvalue weighted by Gasteiger charge is 2.08. The molecule has 0 aliphatic carbocycles. The molecule has 2 heteroatoms. The van der Waals surface area contributed by atoms with Crippen LogP contribution in [0.5, 0.6) is 5.75 Å². The van der Waals surface area contributed by atoms with Crippen LogP contribution in [-0.4, -0.2) is 19.7 Å². The minimum absolute atomic E-state index is 0.606. The van der Waals surface area contributed by atoms with E-state index in [0.29, 0.717) is 6.04 Å². The van der Waals surface area contributed by atoms with Crippen LogP contribution in [0.3, 0.4) is 0 Å². The summed E-state index contributed by atoms with van der Waals surface area (Å²) in [5.41, 5.74) is 1.39. The highest BCUT2D eigenvalue weighted by atomic mass is 16.5. The second-order valence-corrected chi connectivity index (χ2v) is 4.80. The summed E-state index contributed by atoms with van der Waals surface area (Å²) in [4.78, 5) is 0. The van der Waals surface area contributed by atoms with Gasteiger partial charge in [-0.3, -0.25) is 0 Å². The zero-order valence-corrected chi connectivity index (χ0v) is 12.0. The molecular formula is C16H27NO. The highest BCUT2D eigenvalue weighted by molar-refractivity contribution is 5.27. The van der Waals surface area contributed by atoms with Crippen LogP contribution in [0, 0.1) is 0 Å². The summed E-state index contributed by atoms with van der Waals surface area (Å²) < 4.78 is 5.19. The van der Waals surface area contributed by atoms with Gasteiger partial charge in [0.05, 0.1) is 7.11 Å². The van der Waals surface area contributed by atoms with E-state index < -0.39 is 0 Å². The second kappa shape index (κ2) is 8.98. The molecule has 0 aliphatic heterocycles. The maximum Gasteiger partial charge on any atom is 0.118 e. The molecule has 0 fully saturated rings. The Labute approximate surface area is 112 Å². The van der Waals surface area contributed by atoms with Gasteiger partial charge in [-0.05, 0) is 37.1 Å². The molecule has 0 saturated heterocycles. The van der Waals surface area contributed by atoms with Crippen LogP contribution in [-0.2, 0) is 6.42 Å². The van der Waals surface area contributed by atoms with Gasteiger partial charge < -0.3 is 10.1 Å². The molecule has 1 unspecified atom stereocenters. The Morgan fingerprint density at radius 1 is 1.11 bits per heavy atom. The van der Waals surface area contributed by atoms with Crippen molar-refractivity contribution in [2.45, 2.75) is 52.0 Å². The van der Waals surface area contributed by atoms with Crippen LogP contribution < -0.4 is 10.1 Å². The summed E-state index contributed by atoms with van der Waals surface area (Å²) in [5, 5.41) is 3.59. The van der Waals surface area contributed by atoms with Crippen LogP contribution in [0.4, 0.5) is 0 Å². The van der Waals surface area contributed by atoms with E-state index in [1.807, 2.05) is 12.1 Å². The first-order valence-corrected chi connectivity index (χ1v) is 7.16. The maximum absolute atomic E-state index is 5.19. The largest absolute Gasteiger partial charge is 0.497 e. The Morgan fingerprint density at radius 3 is 2.39 bits per heavy atom. The molecule has 0 amide bonds. The summed E-state index contributed by atoms with van der Waals surface area (Å²) in [5.74, 6) is 0.935. The van der Waals surface area contributed by atoms with Crippen LogP contribution in [0.1, 0.15) is 45.1 Å². The minimum atomic E-state index is 0.606. The van der Waals surface area contributed by atoms with E-state index in [1.165, 1.54) is 31.2 Å². The average molecular weight is 249 g/mol. The number of likely N-dealkylation sites (N-methyl/N-ethyl adjacent to an activating group) is 1. The summed E-state index contributed by atoms with van der Waals surface area (Å²) in [6.45, 7) is 5.49. The molecule has 0 radical (unpaired) electrons. The lowest BCUT2D eigenvalue weighted by Crippen LogP contribution is -2.30. The number of methoxy groups -OCH3 is 1. The predicted molar refractivity (Wildman–Crippen MR) is 78.3 cm³/mol. The molecular weight excluding hydrogens is 222 g/mol. The van der Waals surface area contributed by atoms with Gasteiger partial charge in [-0.2, -0.15) is 0 Å². The number of nitrogens with one attached hydrogen (secondary N) is 1. The van der Waals surface area contributed by atoms with Gasteiger partial charge in [-0.25, -0.2) is 0 Å². The molecule has 0 saturated carbocycles. The maximum atomic E-state index is 5.19. The molecule has 18 heavy (non-hydrogen) atoms. The molecule has 0 aromatic heterocycles. The number of ether oxygens (including phenoxy) is 1. The van der Waals surface area contributed by atoms with Gasteiger partial charge in [0.25, 0.3) is 0 Å². The van der Waals surface area contributed by atoms with E-state index in [-0.39, 0.29) is 0 Å². The van der Waals surface area contributed by atoms with Gasteiger partial charge in [0.1, 0.15) is 5.75 Å². The number of unbranched alkanes of at least 4 members (excludes halogenated alkanes) is 2. The fourth-order valence-electron chi connectivity index (χ4n) is 2.25. The SMILES string of the molecule is CCCCCC(Cc1ccc(OC)cc1)NCC. The van der Waals surface area contributed by atoms with Crippen molar-refractivity contribution in [1.82, 2.24) is 5.32 Å². The normalized spacial score (nSPS) is 12.4. The second-order valence-electron chi connectivity index (χ2n) is 4.80. The lowest BCUT2D eigenvalue weighted by atomic mass is 10.0. The van der Waals surface area contributed by atoms with E-state index >= 15 is 0 Å². The molecule has 0 heterocycles. The first-order chi connectivity index (χ1) is 8.80. The van der Waals surface area contributed by atoms with E-state index in [9.17, 15) is 0 Å². The van der Waals surface area contributed by atoms with E-state index in [0.717, 1.165) is 18.7 Å². The zero-order chi connectivity index (χ0) is 13.2. The third-order valence-electron chi connectivity index (χ3n) is 3.29. The summed E-state index contributed by atoms with van der Waals surface area (Å²) in [7, 11) is 1.71. The summed E-state index contributed by atoms with van der Waals surface area (Å²) >= 11 is 0. The standard InChI is InChI=1S/C16H27NO/c1-4-6-7-8-15(17-5-2)13-14-9-11-16(18-3)12-10-14/h9-12,15,17H,4-8,13H2,1-3H3. The van der Waals surface area contributed by atoms with E-state index in [2.05, 4.69) is 31.3 Å². The van der Waals surface area contributed by atoms with Gasteiger partial charge >= 0.3 is 0 Å². The third kappa shape index (κ3) is 5.54. The number of benzene rings is 1. The first kappa shape index (κ1) is 15.0. The van der Waals surface area contributed by atoms with Gasteiger partial charge in [0.2, 0.25) is 0 Å². The van der Waals surface area contributed by atoms with E-state index in [4.69, 9.17) is 4.74 Å². The molecule has 0 bridgehead atoms. The lowest BCUT2D eigenvalue weighted by molar-refractivity contribution is 0.414. The summed E-state index contributed by atoms with van der Waals surface area (Å²) in [6, 6.07) is 9.04. The van der Waals surface area contributed by atoms with Gasteiger partial charge in [0, 0.05) is 6.04 Å². The van der Waals surface area contributed by atoms with Crippen LogP contribution in [0.15, 0.2) is 24.3 Å². The van der Waals surface area contributed by atoms with Gasteiger partial charge in [-0.1, -0.05) is 45.2 Å². The third-order valence-corrected chi connectivity index (χ3v) is 3.29. The Bertz CT molecular complexity index is 307. The first-order valence-electron chi connectivity index (χ1n) is 7.16. The van der Waals surface area contributed by atoms with E-state index in [1.54, 1.807) is 7.11 Å². The molecule has 1 aromatic carbocycles. The van der Waals surface area contributed by atoms with Crippen molar-refractivity contribution in [1.29, 1.82) is 0 Å². The number of rotatable bonds is 9. The molecule has 0 spiro atoms. The van der Waals surface area contributed by atoms with Crippen LogP contribution in [0.25, 0.3) is 0 Å². The quantitative estimate of drug-likeness (QED) is 0.672. The molecule has 102 valence electrons. The van der Waals surface area contributed by atoms with Gasteiger partial charge in [0.15, 0.2) is 0 Å². The molecule has 2 nitrogen and oxygen atoms in total. The number of hydrogen-bond donors (Lipinski definition) is 1. The minimum Gasteiger partial charge on any atom is -0.497 e. The predicted octanol–water partition coefficient (Wildman–Crippen LogP) is 3.80. The zero-order valence-electron chi connectivity index (χ0n) is 12.0. The van der Waals surface area contributed by atoms with Crippen molar-refractivity contribution in [2.75, 3.05) is 13.7 Å². The number of hydrogen-bond acceptors (Lipinski definition) is 2. The molecule has 1 rings (SSSR count). The molecule has 0 aliphatic rings. The van der Waals surface area contributed by atoms with Crippen molar-refractivity contribution in [2.24, 2.45) is 0 Å². The fraction of sp³-hybridized carbons (Fsp3) is 0.625. The van der Waals surface area contributed by atoms with Crippen molar-refractivity contribution in [3.63, 3.8) is 0 Å². The molecule has 1 atom stereocenters. The van der Waals surface area contributed by atoms with Crippen molar-refractivity contribution in [3.8, 4) is 5.75 Å². The lowest BCUT2D eigenvalue weighted by Gasteiger charge is -2.18. The van der Waals surface area contributed by atoms with Crippen LogP contribution in [0.2, 0.25) is 0 Å². The Hall–Kier alpha value is -1.02. The van der Waals surface area contributed by atoms with Crippen LogP contribution >= 0.6 is 0 Å². The highest BCUT2D eigenvalue weighted by Crippen LogP contribution is 2.14. The Kier molecular flexibility index (Phi) is 7.51. The smallest absolute Gasteiger partial charge is 0.118 e. The van der Waals surface area contributed by atoms with Crippen molar-refractivity contribution in [3.05, 3.63) is 29.8 Å². The summed E-state index contributed by atoms with van der Waals surface area (Å²) in [6.07, 6.45) is 6.34. The van der Waals surface area contributed by atoms with Crippen molar-refractivity contribution < 1.29 is 4.74 Å². The fourth-order valence-corrected chi connectivity index (χ4v) is 2.25. The monoisotopic (exact) mass is 249 g/mol. The topological polar surface area (TPSA) is 21.3 Å². The Morgan fingerprint density at radius 2 is 1.83 bits per heavy atom. The van der Waals surface area contributed by atoms with Crippen molar-refractivity contribution >= 4 is 0 Å².